The Hall–Kier alpha value is -3.25. The number of morpholine rings is 1. The van der Waals surface area contributed by atoms with Crippen molar-refractivity contribution in [2.75, 3.05) is 38.3 Å². The van der Waals surface area contributed by atoms with Crippen LogP contribution in [0.15, 0.2) is 35.3 Å². The summed E-state index contributed by atoms with van der Waals surface area (Å²) in [6, 6.07) is 9.84. The monoisotopic (exact) mass is 429 g/mol. The van der Waals surface area contributed by atoms with Crippen molar-refractivity contribution in [1.29, 1.82) is 0 Å². The Balaban J connectivity index is 1.74. The maximum atomic E-state index is 13.8. The summed E-state index contributed by atoms with van der Waals surface area (Å²) in [5.41, 5.74) is 6.14. The second-order valence-corrected chi connectivity index (χ2v) is 9.09. The Morgan fingerprint density at radius 1 is 1.19 bits per heavy atom. The van der Waals surface area contributed by atoms with E-state index in [1.54, 1.807) is 20.2 Å². The highest BCUT2D eigenvalue weighted by Crippen LogP contribution is 2.45. The average molecular weight is 430 g/mol. The van der Waals surface area contributed by atoms with Crippen molar-refractivity contribution in [3.63, 3.8) is 0 Å². The topological polar surface area (TPSA) is 74.8 Å². The molecule has 0 saturated carbocycles. The van der Waals surface area contributed by atoms with Crippen LogP contribution < -0.4 is 4.90 Å². The molecule has 1 aliphatic carbocycles. The van der Waals surface area contributed by atoms with E-state index in [1.165, 1.54) is 0 Å². The van der Waals surface area contributed by atoms with Crippen LogP contribution in [-0.2, 0) is 10.2 Å². The first kappa shape index (κ1) is 20.6. The lowest BCUT2D eigenvalue weighted by Crippen LogP contribution is -2.38. The van der Waals surface area contributed by atoms with Gasteiger partial charge in [-0.15, -0.1) is 0 Å². The number of carbonyl (C=O) groups is 2. The molecule has 6 heteroatoms. The van der Waals surface area contributed by atoms with E-state index >= 15 is 0 Å². The number of hydrogen-bond acceptors (Lipinski definition) is 5. The SMILES string of the molecule is C/N=C\c1ccc2c3c([nH]c2c1)C(C)(C)c1cc(N2CCOCC2)c(C(C)=O)cc1C3=O. The first-order valence-corrected chi connectivity index (χ1v) is 11.0. The molecule has 0 radical (unpaired) electrons. The number of hydrogen-bond donors (Lipinski definition) is 1. The van der Waals surface area contributed by atoms with E-state index in [0.29, 0.717) is 29.9 Å². The molecule has 1 aliphatic heterocycles. The molecule has 0 bridgehead atoms. The fourth-order valence-electron chi connectivity index (χ4n) is 5.06. The molecular weight excluding hydrogens is 402 g/mol. The number of carbonyl (C=O) groups excluding carboxylic acids is 2. The van der Waals surface area contributed by atoms with Gasteiger partial charge in [0.05, 0.1) is 18.8 Å². The predicted molar refractivity (Wildman–Crippen MR) is 127 cm³/mol. The van der Waals surface area contributed by atoms with Crippen molar-refractivity contribution in [2.45, 2.75) is 26.2 Å². The quantitative estimate of drug-likeness (QED) is 0.502. The van der Waals surface area contributed by atoms with E-state index in [9.17, 15) is 9.59 Å². The maximum Gasteiger partial charge on any atom is 0.195 e. The minimum absolute atomic E-state index is 0.0338. The first-order valence-electron chi connectivity index (χ1n) is 11.0. The zero-order valence-electron chi connectivity index (χ0n) is 18.9. The molecule has 2 aromatic carbocycles. The van der Waals surface area contributed by atoms with E-state index in [2.05, 4.69) is 34.8 Å². The van der Waals surface area contributed by atoms with Gasteiger partial charge < -0.3 is 14.6 Å². The molecule has 164 valence electrons. The molecule has 1 saturated heterocycles. The number of H-pyrrole nitrogens is 1. The number of Topliss-reactive ketones (excluding diaryl/α,β-unsaturated/α-hetero) is 1. The number of rotatable bonds is 3. The van der Waals surface area contributed by atoms with Gasteiger partial charge in [-0.3, -0.25) is 14.6 Å². The Labute approximate surface area is 187 Å². The average Bonchev–Trinajstić information content (AvgIpc) is 3.18. The van der Waals surface area contributed by atoms with Gasteiger partial charge in [0.2, 0.25) is 0 Å². The van der Waals surface area contributed by atoms with E-state index < -0.39 is 5.41 Å². The second-order valence-electron chi connectivity index (χ2n) is 9.09. The predicted octanol–water partition coefficient (Wildman–Crippen LogP) is 4.13. The standard InChI is InChI=1S/C26H27N3O3/c1-15(30)18-12-19-20(13-22(18)29-7-9-32-10-8-29)26(2,3)25-23(24(19)31)17-6-5-16(14-27-4)11-21(17)28-25/h5-6,11-14,28H,7-10H2,1-4H3/b27-14-. The molecule has 0 atom stereocenters. The van der Waals surface area contributed by atoms with Gasteiger partial charge >= 0.3 is 0 Å². The van der Waals surface area contributed by atoms with Crippen LogP contribution in [0.25, 0.3) is 10.9 Å². The summed E-state index contributed by atoms with van der Waals surface area (Å²) >= 11 is 0. The fraction of sp³-hybridized carbons (Fsp3) is 0.346. The van der Waals surface area contributed by atoms with Crippen LogP contribution in [0.3, 0.4) is 0 Å². The number of fused-ring (bicyclic) bond motifs is 4. The summed E-state index contributed by atoms with van der Waals surface area (Å²) in [7, 11) is 1.74. The largest absolute Gasteiger partial charge is 0.378 e. The molecule has 2 aliphatic rings. The molecule has 6 nitrogen and oxygen atoms in total. The second kappa shape index (κ2) is 7.41. The molecule has 1 aromatic heterocycles. The third-order valence-electron chi connectivity index (χ3n) is 6.74. The van der Waals surface area contributed by atoms with Crippen molar-refractivity contribution < 1.29 is 14.3 Å². The summed E-state index contributed by atoms with van der Waals surface area (Å²) < 4.78 is 5.50. The molecule has 0 spiro atoms. The lowest BCUT2D eigenvalue weighted by Gasteiger charge is -2.36. The molecule has 3 aromatic rings. The number of aromatic nitrogens is 1. The van der Waals surface area contributed by atoms with Crippen molar-refractivity contribution in [1.82, 2.24) is 4.98 Å². The van der Waals surface area contributed by atoms with Gasteiger partial charge in [-0.25, -0.2) is 0 Å². The number of ketones is 2. The Morgan fingerprint density at radius 2 is 1.94 bits per heavy atom. The minimum atomic E-state index is -0.424. The van der Waals surface area contributed by atoms with Crippen LogP contribution in [0.1, 0.15) is 63.9 Å². The van der Waals surface area contributed by atoms with Crippen LogP contribution in [0, 0.1) is 0 Å². The summed E-state index contributed by atoms with van der Waals surface area (Å²) in [6.45, 7) is 8.56. The number of nitrogens with one attached hydrogen (secondary N) is 1. The summed E-state index contributed by atoms with van der Waals surface area (Å²) in [5.74, 6) is -0.0679. The molecular formula is C26H27N3O3. The number of benzene rings is 2. The highest BCUT2D eigenvalue weighted by Gasteiger charge is 2.41. The molecule has 5 rings (SSSR count). The van der Waals surface area contributed by atoms with Gasteiger partial charge in [0.1, 0.15) is 0 Å². The molecule has 2 heterocycles. The number of anilines is 1. The smallest absolute Gasteiger partial charge is 0.195 e. The molecule has 1 N–H and O–H groups in total. The van der Waals surface area contributed by atoms with Crippen LogP contribution in [0.5, 0.6) is 0 Å². The number of ether oxygens (including phenoxy) is 1. The minimum Gasteiger partial charge on any atom is -0.378 e. The van der Waals surface area contributed by atoms with Gasteiger partial charge in [0, 0.05) is 65.2 Å². The van der Waals surface area contributed by atoms with Gasteiger partial charge in [-0.2, -0.15) is 0 Å². The third-order valence-corrected chi connectivity index (χ3v) is 6.74. The van der Waals surface area contributed by atoms with Gasteiger partial charge in [-0.05, 0) is 36.2 Å². The first-order chi connectivity index (χ1) is 15.3. The van der Waals surface area contributed by atoms with Crippen molar-refractivity contribution in [3.8, 4) is 0 Å². The third kappa shape index (κ3) is 3.01. The number of aromatic amines is 1. The van der Waals surface area contributed by atoms with E-state index in [0.717, 1.165) is 46.5 Å². The van der Waals surface area contributed by atoms with Crippen LogP contribution >= 0.6 is 0 Å². The molecule has 32 heavy (non-hydrogen) atoms. The lowest BCUT2D eigenvalue weighted by molar-refractivity contribution is 0.101. The Bertz CT molecular complexity index is 1290. The number of aliphatic imine (C=N–C) groups is 1. The highest BCUT2D eigenvalue weighted by molar-refractivity contribution is 6.21. The van der Waals surface area contributed by atoms with Crippen LogP contribution in [-0.4, -0.2) is 56.1 Å². The van der Waals surface area contributed by atoms with Crippen molar-refractivity contribution in [3.05, 3.63) is 63.8 Å². The Kier molecular flexibility index (Phi) is 4.78. The summed E-state index contributed by atoms with van der Waals surface area (Å²) in [5, 5.41) is 0.901. The molecule has 1 fully saturated rings. The van der Waals surface area contributed by atoms with E-state index in [-0.39, 0.29) is 11.6 Å². The van der Waals surface area contributed by atoms with E-state index in [1.807, 2.05) is 24.3 Å². The fourth-order valence-corrected chi connectivity index (χ4v) is 5.06. The van der Waals surface area contributed by atoms with Gasteiger partial charge in [-0.1, -0.05) is 26.0 Å². The zero-order chi connectivity index (χ0) is 22.6. The lowest BCUT2D eigenvalue weighted by atomic mass is 9.70. The Morgan fingerprint density at radius 3 is 2.62 bits per heavy atom. The maximum absolute atomic E-state index is 13.8. The molecule has 0 amide bonds. The highest BCUT2D eigenvalue weighted by atomic mass is 16.5. The summed E-state index contributed by atoms with van der Waals surface area (Å²) in [6.07, 6.45) is 1.80. The van der Waals surface area contributed by atoms with Crippen LogP contribution in [0.4, 0.5) is 5.69 Å². The number of nitrogens with zero attached hydrogens (tertiary/aromatic N) is 2. The van der Waals surface area contributed by atoms with Gasteiger partial charge in [0.25, 0.3) is 0 Å². The van der Waals surface area contributed by atoms with Crippen molar-refractivity contribution >= 4 is 34.4 Å². The zero-order valence-corrected chi connectivity index (χ0v) is 18.9. The summed E-state index contributed by atoms with van der Waals surface area (Å²) in [4.78, 5) is 36.2. The van der Waals surface area contributed by atoms with Gasteiger partial charge in [0.15, 0.2) is 11.6 Å². The normalized spacial score (nSPS) is 17.6. The molecule has 0 unspecified atom stereocenters. The van der Waals surface area contributed by atoms with Crippen molar-refractivity contribution in [2.24, 2.45) is 4.99 Å². The van der Waals surface area contributed by atoms with E-state index in [4.69, 9.17) is 4.74 Å². The van der Waals surface area contributed by atoms with Crippen LogP contribution in [0.2, 0.25) is 0 Å².